The van der Waals surface area contributed by atoms with Crippen LogP contribution < -0.4 is 5.32 Å². The third kappa shape index (κ3) is 4.71. The Balaban J connectivity index is 1.77. The van der Waals surface area contributed by atoms with E-state index in [-0.39, 0.29) is 24.1 Å². The second kappa shape index (κ2) is 7.72. The Labute approximate surface area is 148 Å². The van der Waals surface area contributed by atoms with Gasteiger partial charge in [-0.2, -0.15) is 18.3 Å². The van der Waals surface area contributed by atoms with Crippen LogP contribution in [0, 0.1) is 0 Å². The maximum absolute atomic E-state index is 12.7. The van der Waals surface area contributed by atoms with Gasteiger partial charge >= 0.3 is 6.18 Å². The van der Waals surface area contributed by atoms with Gasteiger partial charge in [-0.15, -0.1) is 0 Å². The highest BCUT2D eigenvalue weighted by Gasteiger charge is 2.34. The molecule has 1 heterocycles. The number of aliphatic imine (C=N–C) groups is 1. The number of hydrogen-bond donors (Lipinski definition) is 2. The van der Waals surface area contributed by atoms with E-state index in [0.29, 0.717) is 11.4 Å². The lowest BCUT2D eigenvalue weighted by Crippen LogP contribution is -2.33. The van der Waals surface area contributed by atoms with Crippen molar-refractivity contribution in [2.24, 2.45) is 4.99 Å². The molecule has 1 amide bonds. The molecule has 1 aliphatic rings. The molecular weight excluding hydrogens is 345 g/mol. The van der Waals surface area contributed by atoms with Crippen molar-refractivity contribution < 1.29 is 18.0 Å². The first-order valence-electron chi connectivity index (χ1n) is 8.46. The molecule has 1 aliphatic carbocycles. The predicted molar refractivity (Wildman–Crippen MR) is 90.9 cm³/mol. The van der Waals surface area contributed by atoms with E-state index in [4.69, 9.17) is 0 Å². The van der Waals surface area contributed by atoms with Gasteiger partial charge in [0.1, 0.15) is 5.84 Å². The highest BCUT2D eigenvalue weighted by molar-refractivity contribution is 6.06. The van der Waals surface area contributed by atoms with Crippen LogP contribution in [0.3, 0.4) is 0 Å². The molecule has 1 fully saturated rings. The number of aromatic amines is 1. The van der Waals surface area contributed by atoms with Gasteiger partial charge in [0.15, 0.2) is 5.69 Å². The van der Waals surface area contributed by atoms with E-state index in [1.807, 2.05) is 0 Å². The van der Waals surface area contributed by atoms with Gasteiger partial charge in [0, 0.05) is 17.7 Å². The molecule has 138 valence electrons. The number of nitrogens with one attached hydrogen (secondary N) is 2. The number of halogens is 3. The molecule has 2 aromatic rings. The largest absolute Gasteiger partial charge is 0.435 e. The van der Waals surface area contributed by atoms with E-state index in [1.54, 1.807) is 30.3 Å². The van der Waals surface area contributed by atoms with Crippen molar-refractivity contribution in [3.05, 3.63) is 53.3 Å². The first kappa shape index (κ1) is 18.2. The summed E-state index contributed by atoms with van der Waals surface area (Å²) >= 11 is 0. The lowest BCUT2D eigenvalue weighted by molar-refractivity contribution is -0.141. The van der Waals surface area contributed by atoms with Gasteiger partial charge in [0.25, 0.3) is 5.91 Å². The summed E-state index contributed by atoms with van der Waals surface area (Å²) in [5.74, 6) is 0.0148. The smallest absolute Gasteiger partial charge is 0.310 e. The number of amidine groups is 1. The average molecular weight is 364 g/mol. The maximum atomic E-state index is 12.7. The van der Waals surface area contributed by atoms with Crippen molar-refractivity contribution in [1.82, 2.24) is 15.5 Å². The first-order valence-corrected chi connectivity index (χ1v) is 8.46. The number of rotatable bonds is 4. The Morgan fingerprint density at radius 1 is 1.23 bits per heavy atom. The van der Waals surface area contributed by atoms with E-state index in [9.17, 15) is 18.0 Å². The van der Waals surface area contributed by atoms with Crippen molar-refractivity contribution >= 4 is 11.7 Å². The third-order valence-electron chi connectivity index (χ3n) is 4.24. The fraction of sp³-hybridized carbons (Fsp3) is 0.389. The summed E-state index contributed by atoms with van der Waals surface area (Å²) in [5.41, 5.74) is -0.267. The number of alkyl halides is 3. The molecule has 0 spiro atoms. The number of H-pyrrole nitrogens is 1. The molecule has 8 heteroatoms. The van der Waals surface area contributed by atoms with Gasteiger partial charge < -0.3 is 5.32 Å². The fourth-order valence-electron chi connectivity index (χ4n) is 2.95. The number of aromatic nitrogens is 2. The molecule has 26 heavy (non-hydrogen) atoms. The van der Waals surface area contributed by atoms with Gasteiger partial charge in [-0.25, -0.2) is 0 Å². The van der Waals surface area contributed by atoms with Crippen molar-refractivity contribution in [2.75, 3.05) is 0 Å². The summed E-state index contributed by atoms with van der Waals surface area (Å²) in [6.07, 6.45) is -0.487. The second-order valence-corrected chi connectivity index (χ2v) is 6.29. The Morgan fingerprint density at radius 2 is 1.92 bits per heavy atom. The number of amides is 1. The summed E-state index contributed by atoms with van der Waals surface area (Å²) in [4.78, 5) is 16.9. The zero-order valence-electron chi connectivity index (χ0n) is 14.0. The van der Waals surface area contributed by atoms with E-state index in [0.717, 1.165) is 31.7 Å². The molecule has 3 rings (SSSR count). The zero-order valence-corrected chi connectivity index (χ0v) is 14.0. The molecule has 0 aliphatic heterocycles. The maximum Gasteiger partial charge on any atom is 0.435 e. The van der Waals surface area contributed by atoms with Gasteiger partial charge in [-0.3, -0.25) is 14.9 Å². The molecular formula is C18H19F3N4O. The van der Waals surface area contributed by atoms with Crippen LogP contribution in [-0.2, 0) is 12.6 Å². The van der Waals surface area contributed by atoms with Crippen LogP contribution in [0.25, 0.3) is 0 Å². The standard InChI is InChI=1S/C18H19F3N4O/c19-18(20,21)15-10-14(24-25-15)11-16(22-13-8-4-5-9-13)23-17(26)12-6-2-1-3-7-12/h1-3,6-7,10,13H,4-5,8-9,11H2,(H,24,25)(H,22,23,26). The predicted octanol–water partition coefficient (Wildman–Crippen LogP) is 3.74. The van der Waals surface area contributed by atoms with Crippen LogP contribution in [0.4, 0.5) is 13.2 Å². The van der Waals surface area contributed by atoms with Crippen LogP contribution in [0.5, 0.6) is 0 Å². The van der Waals surface area contributed by atoms with Crippen molar-refractivity contribution in [3.8, 4) is 0 Å². The molecule has 0 bridgehead atoms. The Kier molecular flexibility index (Phi) is 5.39. The van der Waals surface area contributed by atoms with E-state index in [1.165, 1.54) is 0 Å². The van der Waals surface area contributed by atoms with E-state index >= 15 is 0 Å². The van der Waals surface area contributed by atoms with Crippen LogP contribution in [0.1, 0.15) is 47.4 Å². The van der Waals surface area contributed by atoms with Crippen molar-refractivity contribution in [1.29, 1.82) is 0 Å². The fourth-order valence-corrected chi connectivity index (χ4v) is 2.95. The molecule has 2 N–H and O–H groups in total. The van der Waals surface area contributed by atoms with Crippen LogP contribution in [-0.4, -0.2) is 28.0 Å². The quantitative estimate of drug-likeness (QED) is 0.641. The van der Waals surface area contributed by atoms with Gasteiger partial charge in [-0.05, 0) is 31.0 Å². The minimum atomic E-state index is -4.51. The lowest BCUT2D eigenvalue weighted by Gasteiger charge is -2.11. The summed E-state index contributed by atoms with van der Waals surface area (Å²) in [6.45, 7) is 0. The van der Waals surface area contributed by atoms with E-state index < -0.39 is 11.9 Å². The lowest BCUT2D eigenvalue weighted by atomic mass is 10.2. The average Bonchev–Trinajstić information content (AvgIpc) is 3.27. The number of benzene rings is 1. The normalized spacial score (nSPS) is 16.0. The monoisotopic (exact) mass is 364 g/mol. The number of carbonyl (C=O) groups is 1. The van der Waals surface area contributed by atoms with Crippen molar-refractivity contribution in [2.45, 2.75) is 44.3 Å². The molecule has 0 unspecified atom stereocenters. The molecule has 1 saturated carbocycles. The van der Waals surface area contributed by atoms with E-state index in [2.05, 4.69) is 20.5 Å². The SMILES string of the molecule is O=C(NC(Cc1cc(C(F)(F)F)n[nH]1)=NC1CCCC1)c1ccccc1. The molecule has 0 radical (unpaired) electrons. The Bertz CT molecular complexity index is 777. The number of carbonyl (C=O) groups excluding carboxylic acids is 1. The summed E-state index contributed by atoms with van der Waals surface area (Å²) in [5, 5.41) is 8.41. The second-order valence-electron chi connectivity index (χ2n) is 6.29. The van der Waals surface area contributed by atoms with Crippen LogP contribution in [0.15, 0.2) is 41.4 Å². The Morgan fingerprint density at radius 3 is 2.54 bits per heavy atom. The first-order chi connectivity index (χ1) is 12.4. The molecule has 5 nitrogen and oxygen atoms in total. The summed E-state index contributed by atoms with van der Waals surface area (Å²) < 4.78 is 38.1. The highest BCUT2D eigenvalue weighted by atomic mass is 19.4. The van der Waals surface area contributed by atoms with Gasteiger partial charge in [0.2, 0.25) is 0 Å². The van der Waals surface area contributed by atoms with Crippen molar-refractivity contribution in [3.63, 3.8) is 0 Å². The zero-order chi connectivity index (χ0) is 18.6. The third-order valence-corrected chi connectivity index (χ3v) is 4.24. The molecule has 1 aromatic carbocycles. The number of hydrogen-bond acceptors (Lipinski definition) is 3. The van der Waals surface area contributed by atoms with Crippen LogP contribution in [0.2, 0.25) is 0 Å². The highest BCUT2D eigenvalue weighted by Crippen LogP contribution is 2.28. The number of nitrogens with zero attached hydrogens (tertiary/aromatic N) is 2. The summed E-state index contributed by atoms with van der Waals surface area (Å²) in [6, 6.07) is 9.65. The summed E-state index contributed by atoms with van der Waals surface area (Å²) in [7, 11) is 0. The Hall–Kier alpha value is -2.64. The molecule has 0 saturated heterocycles. The van der Waals surface area contributed by atoms with Gasteiger partial charge in [-0.1, -0.05) is 31.0 Å². The van der Waals surface area contributed by atoms with Gasteiger partial charge in [0.05, 0.1) is 6.04 Å². The molecule has 1 aromatic heterocycles. The van der Waals surface area contributed by atoms with Crippen LogP contribution >= 0.6 is 0 Å². The minimum absolute atomic E-state index is 0.0537. The topological polar surface area (TPSA) is 70.1 Å². The minimum Gasteiger partial charge on any atom is -0.310 e. The molecule has 0 atom stereocenters.